The lowest BCUT2D eigenvalue weighted by Crippen LogP contribution is -2.13. The molecule has 6 heteroatoms. The zero-order valence-electron chi connectivity index (χ0n) is 13.8. The normalized spacial score (nSPS) is 11.1. The van der Waals surface area contributed by atoms with Crippen LogP contribution in [-0.2, 0) is 9.53 Å². The molecule has 0 aromatic carbocycles. The van der Waals surface area contributed by atoms with Crippen LogP contribution in [0.3, 0.4) is 0 Å². The summed E-state index contributed by atoms with van der Waals surface area (Å²) in [4.78, 5) is 23.7. The number of carbonyl (C=O) groups excluding carboxylic acids is 2. The van der Waals surface area contributed by atoms with Gasteiger partial charge >= 0.3 is 5.97 Å². The molecular weight excluding hydrogens is 296 g/mol. The molecule has 0 spiro atoms. The van der Waals surface area contributed by atoms with E-state index in [2.05, 4.69) is 5.16 Å². The van der Waals surface area contributed by atoms with Gasteiger partial charge in [0.05, 0.1) is 0 Å². The Labute approximate surface area is 134 Å². The maximum Gasteiger partial charge on any atom is 0.330 e. The molecule has 2 aromatic heterocycles. The number of allylic oxidation sites excluding steroid dienone is 1. The molecule has 2 rings (SSSR count). The number of ether oxygens (including phenoxy) is 1. The molecule has 0 fully saturated rings. The number of aryl methyl sites for hydroxylation is 2. The highest BCUT2D eigenvalue weighted by Crippen LogP contribution is 2.21. The summed E-state index contributed by atoms with van der Waals surface area (Å²) < 4.78 is 11.9. The van der Waals surface area contributed by atoms with Gasteiger partial charge in [-0.1, -0.05) is 18.2 Å². The number of esters is 1. The van der Waals surface area contributed by atoms with Gasteiger partial charge in [-0.2, -0.15) is 0 Å². The molecule has 0 unspecified atom stereocenters. The van der Waals surface area contributed by atoms with Crippen LogP contribution in [-0.4, -0.2) is 28.1 Å². The van der Waals surface area contributed by atoms with E-state index in [0.29, 0.717) is 17.1 Å². The molecule has 6 nitrogen and oxygen atoms in total. The van der Waals surface area contributed by atoms with Crippen LogP contribution in [0, 0.1) is 20.8 Å². The largest absolute Gasteiger partial charge is 0.454 e. The third-order valence-electron chi connectivity index (χ3n) is 3.41. The quantitative estimate of drug-likeness (QED) is 0.465. The summed E-state index contributed by atoms with van der Waals surface area (Å²) >= 11 is 0. The van der Waals surface area contributed by atoms with Gasteiger partial charge in [0.15, 0.2) is 12.4 Å². The fraction of sp³-hybridized carbons (Fsp3) is 0.353. The van der Waals surface area contributed by atoms with Crippen molar-refractivity contribution in [1.29, 1.82) is 0 Å². The molecule has 2 aromatic rings. The SMILES string of the molecule is CC/C=C/C(=O)OCC(=O)c1cc(C)n(-c2cc(C)on2)c1C. The Balaban J connectivity index is 2.16. The third kappa shape index (κ3) is 3.77. The van der Waals surface area contributed by atoms with Gasteiger partial charge in [-0.05, 0) is 33.3 Å². The minimum Gasteiger partial charge on any atom is -0.454 e. The molecule has 23 heavy (non-hydrogen) atoms. The van der Waals surface area contributed by atoms with E-state index in [1.807, 2.05) is 25.3 Å². The van der Waals surface area contributed by atoms with Gasteiger partial charge in [-0.25, -0.2) is 4.79 Å². The number of ketones is 1. The second kappa shape index (κ2) is 7.09. The number of carbonyl (C=O) groups is 2. The Hall–Kier alpha value is -2.63. The standard InChI is InChI=1S/C17H20N2O4/c1-5-6-7-17(21)22-10-15(20)14-8-11(2)19(13(14)4)16-9-12(3)23-18-16/h6-9H,5,10H2,1-4H3/b7-6+. The van der Waals surface area contributed by atoms with Crippen LogP contribution in [0.1, 0.15) is 40.9 Å². The van der Waals surface area contributed by atoms with E-state index < -0.39 is 5.97 Å². The summed E-state index contributed by atoms with van der Waals surface area (Å²) in [5, 5.41) is 3.97. The summed E-state index contributed by atoms with van der Waals surface area (Å²) in [6.45, 7) is 7.14. The molecule has 0 atom stereocenters. The Morgan fingerprint density at radius 1 is 1.30 bits per heavy atom. The van der Waals surface area contributed by atoms with Gasteiger partial charge in [0.2, 0.25) is 5.78 Å². The Morgan fingerprint density at radius 2 is 2.04 bits per heavy atom. The van der Waals surface area contributed by atoms with E-state index in [-0.39, 0.29) is 12.4 Å². The second-order valence-electron chi connectivity index (χ2n) is 5.26. The molecule has 0 amide bonds. The lowest BCUT2D eigenvalue weighted by atomic mass is 10.1. The first-order chi connectivity index (χ1) is 10.9. The second-order valence-corrected chi connectivity index (χ2v) is 5.26. The molecular formula is C17H20N2O4. The van der Waals surface area contributed by atoms with Crippen LogP contribution < -0.4 is 0 Å². The van der Waals surface area contributed by atoms with Gasteiger partial charge < -0.3 is 9.26 Å². The van der Waals surface area contributed by atoms with Gasteiger partial charge in [-0.15, -0.1) is 0 Å². The molecule has 0 saturated carbocycles. The number of aromatic nitrogens is 2. The maximum atomic E-state index is 12.3. The summed E-state index contributed by atoms with van der Waals surface area (Å²) in [7, 11) is 0. The van der Waals surface area contributed by atoms with Gasteiger partial charge in [0, 0.05) is 29.1 Å². The molecule has 2 heterocycles. The maximum absolute atomic E-state index is 12.3. The average molecular weight is 316 g/mol. The number of hydrogen-bond donors (Lipinski definition) is 0. The highest BCUT2D eigenvalue weighted by molar-refractivity contribution is 5.99. The Morgan fingerprint density at radius 3 is 2.65 bits per heavy atom. The topological polar surface area (TPSA) is 74.3 Å². The van der Waals surface area contributed by atoms with Crippen molar-refractivity contribution in [3.05, 3.63) is 47.0 Å². The van der Waals surface area contributed by atoms with Crippen molar-refractivity contribution in [3.8, 4) is 5.82 Å². The van der Waals surface area contributed by atoms with Crippen LogP contribution >= 0.6 is 0 Å². The highest BCUT2D eigenvalue weighted by Gasteiger charge is 2.19. The molecule has 122 valence electrons. The van der Waals surface area contributed by atoms with E-state index >= 15 is 0 Å². The van der Waals surface area contributed by atoms with Crippen molar-refractivity contribution in [1.82, 2.24) is 9.72 Å². The lowest BCUT2D eigenvalue weighted by molar-refractivity contribution is -0.136. The molecule has 0 aliphatic carbocycles. The Bertz CT molecular complexity index is 753. The monoisotopic (exact) mass is 316 g/mol. The molecule has 0 aliphatic heterocycles. The molecule has 0 saturated heterocycles. The van der Waals surface area contributed by atoms with Crippen molar-refractivity contribution >= 4 is 11.8 Å². The van der Waals surface area contributed by atoms with E-state index in [0.717, 1.165) is 17.8 Å². The summed E-state index contributed by atoms with van der Waals surface area (Å²) in [5.74, 6) is 0.556. The average Bonchev–Trinajstić information content (AvgIpc) is 3.05. The fourth-order valence-corrected chi connectivity index (χ4v) is 2.33. The van der Waals surface area contributed by atoms with E-state index in [4.69, 9.17) is 9.26 Å². The van der Waals surface area contributed by atoms with Crippen LogP contribution in [0.5, 0.6) is 0 Å². The van der Waals surface area contributed by atoms with Gasteiger partial charge in [0.1, 0.15) is 5.76 Å². The first-order valence-electron chi connectivity index (χ1n) is 7.43. The predicted molar refractivity (Wildman–Crippen MR) is 84.8 cm³/mol. The number of Topliss-reactive ketones (excluding diaryl/α,β-unsaturated/α-hetero) is 1. The van der Waals surface area contributed by atoms with Crippen molar-refractivity contribution in [3.63, 3.8) is 0 Å². The molecule has 0 bridgehead atoms. The smallest absolute Gasteiger partial charge is 0.330 e. The number of hydrogen-bond acceptors (Lipinski definition) is 5. The molecule has 0 radical (unpaired) electrons. The van der Waals surface area contributed by atoms with E-state index in [9.17, 15) is 9.59 Å². The molecule has 0 aliphatic rings. The highest BCUT2D eigenvalue weighted by atomic mass is 16.5. The van der Waals surface area contributed by atoms with Crippen LogP contribution in [0.25, 0.3) is 5.82 Å². The molecule has 0 N–H and O–H groups in total. The van der Waals surface area contributed by atoms with Crippen molar-refractivity contribution < 1.29 is 18.8 Å². The number of nitrogens with zero attached hydrogens (tertiary/aromatic N) is 2. The summed E-state index contributed by atoms with van der Waals surface area (Å²) in [6, 6.07) is 3.56. The zero-order chi connectivity index (χ0) is 17.0. The summed E-state index contributed by atoms with van der Waals surface area (Å²) in [5.41, 5.74) is 2.10. The van der Waals surface area contributed by atoms with Crippen molar-refractivity contribution in [2.45, 2.75) is 34.1 Å². The van der Waals surface area contributed by atoms with E-state index in [1.165, 1.54) is 6.08 Å². The first kappa shape index (κ1) is 16.7. The number of rotatable bonds is 6. The predicted octanol–water partition coefficient (Wildman–Crippen LogP) is 3.08. The third-order valence-corrected chi connectivity index (χ3v) is 3.41. The fourth-order valence-electron chi connectivity index (χ4n) is 2.33. The lowest BCUT2D eigenvalue weighted by Gasteiger charge is -2.05. The van der Waals surface area contributed by atoms with Crippen LogP contribution in [0.4, 0.5) is 0 Å². The van der Waals surface area contributed by atoms with E-state index in [1.54, 1.807) is 25.1 Å². The van der Waals surface area contributed by atoms with Crippen molar-refractivity contribution in [2.24, 2.45) is 0 Å². The minimum absolute atomic E-state index is 0.247. The van der Waals surface area contributed by atoms with Gasteiger partial charge in [-0.3, -0.25) is 9.36 Å². The Kier molecular flexibility index (Phi) is 5.16. The van der Waals surface area contributed by atoms with Crippen LogP contribution in [0.15, 0.2) is 28.8 Å². The van der Waals surface area contributed by atoms with Gasteiger partial charge in [0.25, 0.3) is 0 Å². The first-order valence-corrected chi connectivity index (χ1v) is 7.43. The van der Waals surface area contributed by atoms with Crippen molar-refractivity contribution in [2.75, 3.05) is 6.61 Å². The minimum atomic E-state index is -0.513. The van der Waals surface area contributed by atoms with Crippen LogP contribution in [0.2, 0.25) is 0 Å². The zero-order valence-corrected chi connectivity index (χ0v) is 13.8. The summed E-state index contributed by atoms with van der Waals surface area (Å²) in [6.07, 6.45) is 3.75.